The van der Waals surface area contributed by atoms with Crippen LogP contribution in [0.5, 0.6) is 0 Å². The number of carbonyl (C=O) groups excluding carboxylic acids is 1. The Morgan fingerprint density at radius 3 is 2.41 bits per heavy atom. The normalized spacial score (nSPS) is 26.6. The molecule has 0 radical (unpaired) electrons. The van der Waals surface area contributed by atoms with Crippen LogP contribution in [0.25, 0.3) is 0 Å². The summed E-state index contributed by atoms with van der Waals surface area (Å²) >= 11 is 0. The van der Waals surface area contributed by atoms with Crippen LogP contribution in [0.15, 0.2) is 24.3 Å². The van der Waals surface area contributed by atoms with E-state index in [1.54, 1.807) is 9.80 Å². The van der Waals surface area contributed by atoms with E-state index in [2.05, 4.69) is 26.0 Å². The zero-order valence-electron chi connectivity index (χ0n) is 16.3. The van der Waals surface area contributed by atoms with E-state index in [4.69, 9.17) is 0 Å². The molecule has 150 valence electrons. The van der Waals surface area contributed by atoms with Gasteiger partial charge in [0, 0.05) is 26.1 Å². The van der Waals surface area contributed by atoms with Gasteiger partial charge in [-0.3, -0.25) is 9.69 Å². The molecule has 4 nitrogen and oxygen atoms in total. The third kappa shape index (κ3) is 4.85. The summed E-state index contributed by atoms with van der Waals surface area (Å²) in [6.45, 7) is 5.41. The molecule has 1 aromatic rings. The van der Waals surface area contributed by atoms with Gasteiger partial charge in [-0.25, -0.2) is 8.78 Å². The van der Waals surface area contributed by atoms with E-state index in [-0.39, 0.29) is 25.4 Å². The maximum atomic E-state index is 13.7. The minimum atomic E-state index is -2.73. The molecule has 1 unspecified atom stereocenters. The Morgan fingerprint density at radius 2 is 1.78 bits per heavy atom. The largest absolute Gasteiger partial charge is 0.379 e. The van der Waals surface area contributed by atoms with Gasteiger partial charge >= 0.3 is 0 Å². The summed E-state index contributed by atoms with van der Waals surface area (Å²) in [7, 11) is 0. The van der Waals surface area contributed by atoms with Gasteiger partial charge in [0.05, 0.1) is 6.54 Å². The number of benzene rings is 1. The summed E-state index contributed by atoms with van der Waals surface area (Å²) in [6.07, 6.45) is 1.28. The SMILES string of the molecule is CC(C)c1ccc(CN2CCCC(O)(CN3CCCC(F)(F)C3)C2=O)cc1. The van der Waals surface area contributed by atoms with Crippen molar-refractivity contribution in [1.82, 2.24) is 9.80 Å². The number of hydrogen-bond donors (Lipinski definition) is 1. The second-order valence-electron chi connectivity index (χ2n) is 8.43. The van der Waals surface area contributed by atoms with Gasteiger partial charge in [-0.15, -0.1) is 0 Å². The van der Waals surface area contributed by atoms with E-state index in [0.717, 1.165) is 5.56 Å². The minimum Gasteiger partial charge on any atom is -0.379 e. The molecule has 0 aliphatic carbocycles. The third-order valence-electron chi connectivity index (χ3n) is 5.68. The number of nitrogens with zero attached hydrogens (tertiary/aromatic N) is 2. The van der Waals surface area contributed by atoms with Crippen LogP contribution in [-0.4, -0.2) is 58.5 Å². The van der Waals surface area contributed by atoms with Gasteiger partial charge in [-0.2, -0.15) is 0 Å². The summed E-state index contributed by atoms with van der Waals surface area (Å²) in [5.74, 6) is -2.62. The van der Waals surface area contributed by atoms with Crippen LogP contribution in [-0.2, 0) is 11.3 Å². The Bertz CT molecular complexity index is 663. The predicted molar refractivity (Wildman–Crippen MR) is 101 cm³/mol. The standard InChI is InChI=1S/C21H30F2N2O2/c1-16(2)18-7-5-17(6-8-18)13-25-12-3-9-20(27,19(25)26)14-24-11-4-10-21(22,23)15-24/h5-8,16,27H,3-4,9-15H2,1-2H3. The van der Waals surface area contributed by atoms with Crippen molar-refractivity contribution in [2.45, 2.75) is 63.5 Å². The molecule has 6 heteroatoms. The molecule has 2 fully saturated rings. The molecular formula is C21H30F2N2O2. The summed E-state index contributed by atoms with van der Waals surface area (Å²) in [6, 6.07) is 8.16. The predicted octanol–water partition coefficient (Wildman–Crippen LogP) is 3.39. The minimum absolute atomic E-state index is 0.00971. The number of amides is 1. The molecule has 1 N–H and O–H groups in total. The highest BCUT2D eigenvalue weighted by Crippen LogP contribution is 2.30. The van der Waals surface area contributed by atoms with Crippen molar-refractivity contribution in [1.29, 1.82) is 0 Å². The smallest absolute Gasteiger partial charge is 0.260 e. The first-order valence-electron chi connectivity index (χ1n) is 9.89. The average Bonchev–Trinajstić information content (AvgIpc) is 2.59. The highest BCUT2D eigenvalue weighted by Gasteiger charge is 2.45. The van der Waals surface area contributed by atoms with Crippen LogP contribution in [0.3, 0.4) is 0 Å². The first-order valence-corrected chi connectivity index (χ1v) is 9.89. The van der Waals surface area contributed by atoms with Crippen LogP contribution in [0.1, 0.15) is 56.6 Å². The van der Waals surface area contributed by atoms with Crippen LogP contribution >= 0.6 is 0 Å². The lowest BCUT2D eigenvalue weighted by Crippen LogP contribution is -2.60. The Hall–Kier alpha value is -1.53. The molecule has 27 heavy (non-hydrogen) atoms. The summed E-state index contributed by atoms with van der Waals surface area (Å²) in [5, 5.41) is 10.9. The number of rotatable bonds is 5. The lowest BCUT2D eigenvalue weighted by Gasteiger charge is -2.42. The Kier molecular flexibility index (Phi) is 5.87. The zero-order valence-corrected chi connectivity index (χ0v) is 16.3. The molecule has 2 heterocycles. The van der Waals surface area contributed by atoms with Crippen molar-refractivity contribution >= 4 is 5.91 Å². The van der Waals surface area contributed by atoms with E-state index in [1.807, 2.05) is 12.1 Å². The number of piperidine rings is 2. The fourth-order valence-electron chi connectivity index (χ4n) is 4.14. The Balaban J connectivity index is 1.65. The highest BCUT2D eigenvalue weighted by atomic mass is 19.3. The number of alkyl halides is 2. The van der Waals surface area contributed by atoms with Crippen molar-refractivity contribution in [3.05, 3.63) is 35.4 Å². The molecule has 0 saturated carbocycles. The molecule has 1 aromatic carbocycles. The van der Waals surface area contributed by atoms with Gasteiger partial charge in [0.2, 0.25) is 0 Å². The monoisotopic (exact) mass is 380 g/mol. The van der Waals surface area contributed by atoms with Crippen molar-refractivity contribution in [3.63, 3.8) is 0 Å². The van der Waals surface area contributed by atoms with Gasteiger partial charge < -0.3 is 10.0 Å². The Labute approximate surface area is 160 Å². The topological polar surface area (TPSA) is 43.8 Å². The molecular weight excluding hydrogens is 350 g/mol. The number of aliphatic hydroxyl groups is 1. The van der Waals surface area contributed by atoms with Gasteiger partial charge in [-0.05, 0) is 42.9 Å². The van der Waals surface area contributed by atoms with Gasteiger partial charge in [0.1, 0.15) is 0 Å². The van der Waals surface area contributed by atoms with Crippen molar-refractivity contribution in [2.75, 3.05) is 26.2 Å². The van der Waals surface area contributed by atoms with Crippen molar-refractivity contribution in [3.8, 4) is 0 Å². The molecule has 3 rings (SSSR count). The first kappa shape index (κ1) is 20.2. The van der Waals surface area contributed by atoms with Crippen molar-refractivity contribution in [2.24, 2.45) is 0 Å². The maximum Gasteiger partial charge on any atom is 0.260 e. The molecule has 0 bridgehead atoms. The van der Waals surface area contributed by atoms with Crippen molar-refractivity contribution < 1.29 is 18.7 Å². The summed E-state index contributed by atoms with van der Waals surface area (Å²) < 4.78 is 27.3. The van der Waals surface area contributed by atoms with Crippen LogP contribution in [0.4, 0.5) is 8.78 Å². The number of halogens is 2. The van der Waals surface area contributed by atoms with E-state index in [1.165, 1.54) is 5.56 Å². The van der Waals surface area contributed by atoms with Crippen LogP contribution in [0.2, 0.25) is 0 Å². The second kappa shape index (κ2) is 7.84. The lowest BCUT2D eigenvalue weighted by molar-refractivity contribution is -0.163. The van der Waals surface area contributed by atoms with Crippen LogP contribution in [0, 0.1) is 0 Å². The number of likely N-dealkylation sites (tertiary alicyclic amines) is 2. The summed E-state index contributed by atoms with van der Waals surface area (Å²) in [5.41, 5.74) is 0.691. The van der Waals surface area contributed by atoms with E-state index < -0.39 is 11.5 Å². The highest BCUT2D eigenvalue weighted by molar-refractivity contribution is 5.86. The molecule has 1 amide bonds. The second-order valence-corrected chi connectivity index (χ2v) is 8.43. The fourth-order valence-corrected chi connectivity index (χ4v) is 4.14. The van der Waals surface area contributed by atoms with E-state index >= 15 is 0 Å². The third-order valence-corrected chi connectivity index (χ3v) is 5.68. The number of β-amino-alcohol motifs (C(OH)–C–C–N with tert-alkyl or cyclic N) is 1. The van der Waals surface area contributed by atoms with Crippen LogP contribution < -0.4 is 0 Å². The number of hydrogen-bond acceptors (Lipinski definition) is 3. The van der Waals surface area contributed by atoms with E-state index in [9.17, 15) is 18.7 Å². The average molecular weight is 380 g/mol. The summed E-state index contributed by atoms with van der Waals surface area (Å²) in [4.78, 5) is 16.1. The zero-order chi connectivity index (χ0) is 19.7. The molecule has 2 aliphatic rings. The number of carbonyl (C=O) groups is 1. The fraction of sp³-hybridized carbons (Fsp3) is 0.667. The van der Waals surface area contributed by atoms with Gasteiger partial charge in [0.15, 0.2) is 5.60 Å². The quantitative estimate of drug-likeness (QED) is 0.852. The first-order chi connectivity index (χ1) is 12.7. The van der Waals surface area contributed by atoms with Gasteiger partial charge in [-0.1, -0.05) is 38.1 Å². The maximum absolute atomic E-state index is 13.7. The van der Waals surface area contributed by atoms with Gasteiger partial charge in [0.25, 0.3) is 11.8 Å². The van der Waals surface area contributed by atoms with E-state index in [0.29, 0.717) is 44.8 Å². The Morgan fingerprint density at radius 1 is 1.11 bits per heavy atom. The molecule has 0 spiro atoms. The molecule has 1 atom stereocenters. The lowest BCUT2D eigenvalue weighted by atomic mass is 9.90. The molecule has 0 aromatic heterocycles. The molecule has 2 saturated heterocycles. The molecule has 2 aliphatic heterocycles.